The van der Waals surface area contributed by atoms with Gasteiger partial charge in [0.1, 0.15) is 5.82 Å². The second-order valence-corrected chi connectivity index (χ2v) is 6.64. The van der Waals surface area contributed by atoms with Crippen LogP contribution in [0.25, 0.3) is 5.69 Å². The SMILES string of the molecule is NC(=O)C(Cc1ccc(Cl)cc1)OC(=O)c1ccc(=O)n(-c2ccccc2F)c1. The molecule has 8 heteroatoms. The van der Waals surface area contributed by atoms with Crippen LogP contribution in [0, 0.1) is 5.82 Å². The third kappa shape index (κ3) is 4.89. The molecule has 1 unspecified atom stereocenters. The molecule has 1 atom stereocenters. The molecule has 148 valence electrons. The Morgan fingerprint density at radius 2 is 1.76 bits per heavy atom. The third-order valence-corrected chi connectivity index (χ3v) is 4.41. The molecule has 0 saturated heterocycles. The molecule has 0 bridgehead atoms. The number of pyridine rings is 1. The van der Waals surface area contributed by atoms with Gasteiger partial charge >= 0.3 is 5.97 Å². The maximum Gasteiger partial charge on any atom is 0.340 e. The van der Waals surface area contributed by atoms with E-state index in [1.807, 2.05) is 0 Å². The van der Waals surface area contributed by atoms with Gasteiger partial charge in [-0.25, -0.2) is 9.18 Å². The first-order valence-electron chi connectivity index (χ1n) is 8.57. The number of esters is 1. The zero-order valence-corrected chi connectivity index (χ0v) is 15.8. The molecule has 1 aromatic heterocycles. The summed E-state index contributed by atoms with van der Waals surface area (Å²) in [6.07, 6.45) is -0.00764. The quantitative estimate of drug-likeness (QED) is 0.628. The van der Waals surface area contributed by atoms with E-state index in [0.29, 0.717) is 10.6 Å². The fraction of sp³-hybridized carbons (Fsp3) is 0.0952. The monoisotopic (exact) mass is 414 g/mol. The number of nitrogens with two attached hydrogens (primary N) is 1. The first-order valence-corrected chi connectivity index (χ1v) is 8.95. The molecule has 0 aliphatic carbocycles. The molecule has 0 radical (unpaired) electrons. The van der Waals surface area contributed by atoms with Gasteiger partial charge in [0.05, 0.1) is 11.3 Å². The molecule has 29 heavy (non-hydrogen) atoms. The van der Waals surface area contributed by atoms with Crippen LogP contribution in [-0.4, -0.2) is 22.5 Å². The summed E-state index contributed by atoms with van der Waals surface area (Å²) in [7, 11) is 0. The summed E-state index contributed by atoms with van der Waals surface area (Å²) >= 11 is 5.83. The van der Waals surface area contributed by atoms with Crippen molar-refractivity contribution in [2.24, 2.45) is 5.73 Å². The van der Waals surface area contributed by atoms with Crippen LogP contribution in [0.2, 0.25) is 5.02 Å². The number of hydrogen-bond acceptors (Lipinski definition) is 4. The highest BCUT2D eigenvalue weighted by atomic mass is 35.5. The van der Waals surface area contributed by atoms with Crippen LogP contribution in [-0.2, 0) is 16.0 Å². The standard InChI is InChI=1S/C21H16ClFN2O4/c22-15-8-5-13(6-9-15)11-18(20(24)27)29-21(28)14-7-10-19(26)25(12-14)17-4-2-1-3-16(17)23/h1-10,12,18H,11H2,(H2,24,27). The second kappa shape index (κ2) is 8.70. The predicted octanol–water partition coefficient (Wildman–Crippen LogP) is 2.88. The topological polar surface area (TPSA) is 91.4 Å². The Labute approximate surface area is 170 Å². The Morgan fingerprint density at radius 3 is 2.41 bits per heavy atom. The molecule has 6 nitrogen and oxygen atoms in total. The lowest BCUT2D eigenvalue weighted by atomic mass is 10.1. The minimum atomic E-state index is -1.22. The Morgan fingerprint density at radius 1 is 1.07 bits per heavy atom. The van der Waals surface area contributed by atoms with E-state index in [0.717, 1.165) is 16.8 Å². The zero-order valence-electron chi connectivity index (χ0n) is 15.0. The Bertz CT molecular complexity index is 1110. The molecule has 3 aromatic rings. The minimum absolute atomic E-state index is 0.0141. The number of halogens is 2. The molecule has 0 fully saturated rings. The van der Waals surface area contributed by atoms with Gasteiger partial charge in [-0.3, -0.25) is 14.2 Å². The lowest BCUT2D eigenvalue weighted by Gasteiger charge is -2.15. The Hall–Kier alpha value is -3.45. The summed E-state index contributed by atoms with van der Waals surface area (Å²) in [4.78, 5) is 36.4. The zero-order chi connectivity index (χ0) is 21.0. The number of amides is 1. The molecule has 0 aliphatic rings. The summed E-state index contributed by atoms with van der Waals surface area (Å²) in [5.41, 5.74) is 5.48. The number of hydrogen-bond donors (Lipinski definition) is 1. The summed E-state index contributed by atoms with van der Waals surface area (Å²) in [5, 5.41) is 0.525. The third-order valence-electron chi connectivity index (χ3n) is 4.16. The number of aromatic nitrogens is 1. The highest BCUT2D eigenvalue weighted by Crippen LogP contribution is 2.15. The number of carbonyl (C=O) groups is 2. The molecule has 2 N–H and O–H groups in total. The number of primary amides is 1. The van der Waals surface area contributed by atoms with Gasteiger partial charge in [0.2, 0.25) is 0 Å². The molecule has 2 aromatic carbocycles. The second-order valence-electron chi connectivity index (χ2n) is 6.20. The van der Waals surface area contributed by atoms with Crippen molar-refractivity contribution in [1.82, 2.24) is 4.57 Å². The summed E-state index contributed by atoms with van der Waals surface area (Å²) in [6.45, 7) is 0. The molecule has 0 saturated carbocycles. The van der Waals surface area contributed by atoms with Crippen molar-refractivity contribution >= 4 is 23.5 Å². The molecule has 0 spiro atoms. The highest BCUT2D eigenvalue weighted by Gasteiger charge is 2.22. The van der Waals surface area contributed by atoms with E-state index < -0.39 is 29.4 Å². The Balaban J connectivity index is 1.84. The number of ether oxygens (including phenoxy) is 1. The molecule has 1 amide bonds. The van der Waals surface area contributed by atoms with Gasteiger partial charge in [0.15, 0.2) is 6.10 Å². The van der Waals surface area contributed by atoms with Crippen LogP contribution >= 0.6 is 11.6 Å². The molecule has 1 heterocycles. The van der Waals surface area contributed by atoms with Crippen molar-refractivity contribution in [2.45, 2.75) is 12.5 Å². The number of nitrogens with zero attached hydrogens (tertiary/aromatic N) is 1. The van der Waals surface area contributed by atoms with E-state index in [2.05, 4.69) is 0 Å². The van der Waals surface area contributed by atoms with E-state index in [9.17, 15) is 18.8 Å². The van der Waals surface area contributed by atoms with Gasteiger partial charge in [-0.15, -0.1) is 0 Å². The van der Waals surface area contributed by atoms with Crippen molar-refractivity contribution in [3.63, 3.8) is 0 Å². The average molecular weight is 415 g/mol. The largest absolute Gasteiger partial charge is 0.448 e. The lowest BCUT2D eigenvalue weighted by Crippen LogP contribution is -2.35. The van der Waals surface area contributed by atoms with Crippen LogP contribution in [0.3, 0.4) is 0 Å². The molecule has 3 rings (SSSR count). The van der Waals surface area contributed by atoms with E-state index >= 15 is 0 Å². The lowest BCUT2D eigenvalue weighted by molar-refractivity contribution is -0.126. The fourth-order valence-electron chi connectivity index (χ4n) is 2.68. The Kier molecular flexibility index (Phi) is 6.09. The van der Waals surface area contributed by atoms with Gasteiger partial charge in [-0.2, -0.15) is 0 Å². The van der Waals surface area contributed by atoms with Gasteiger partial charge < -0.3 is 10.5 Å². The summed E-state index contributed by atoms with van der Waals surface area (Å²) in [5.74, 6) is -2.32. The van der Waals surface area contributed by atoms with Gasteiger partial charge in [0, 0.05) is 23.7 Å². The fourth-order valence-corrected chi connectivity index (χ4v) is 2.80. The van der Waals surface area contributed by atoms with E-state index in [4.69, 9.17) is 22.1 Å². The average Bonchev–Trinajstić information content (AvgIpc) is 2.70. The van der Waals surface area contributed by atoms with Gasteiger partial charge in [0.25, 0.3) is 11.5 Å². The van der Waals surface area contributed by atoms with Crippen molar-refractivity contribution in [1.29, 1.82) is 0 Å². The van der Waals surface area contributed by atoms with Crippen molar-refractivity contribution in [3.05, 3.63) is 99.2 Å². The summed E-state index contributed by atoms with van der Waals surface area (Å²) in [6, 6.07) is 14.6. The molecular weight excluding hydrogens is 399 g/mol. The van der Waals surface area contributed by atoms with Crippen molar-refractivity contribution in [2.75, 3.05) is 0 Å². The maximum atomic E-state index is 14.0. The van der Waals surface area contributed by atoms with E-state index in [1.54, 1.807) is 30.3 Å². The number of rotatable bonds is 6. The number of carbonyl (C=O) groups excluding carboxylic acids is 2. The van der Waals surface area contributed by atoms with Crippen molar-refractivity contribution < 1.29 is 18.7 Å². The minimum Gasteiger partial charge on any atom is -0.448 e. The first-order chi connectivity index (χ1) is 13.8. The van der Waals surface area contributed by atoms with Crippen LogP contribution < -0.4 is 11.3 Å². The van der Waals surface area contributed by atoms with Gasteiger partial charge in [-0.05, 0) is 35.9 Å². The first kappa shape index (κ1) is 20.3. The van der Waals surface area contributed by atoms with E-state index in [-0.39, 0.29) is 17.7 Å². The maximum absolute atomic E-state index is 14.0. The van der Waals surface area contributed by atoms with Crippen LogP contribution in [0.5, 0.6) is 0 Å². The van der Waals surface area contributed by atoms with Gasteiger partial charge in [-0.1, -0.05) is 35.9 Å². The number of para-hydroxylation sites is 1. The van der Waals surface area contributed by atoms with E-state index in [1.165, 1.54) is 24.3 Å². The summed E-state index contributed by atoms with van der Waals surface area (Å²) < 4.78 is 20.3. The van der Waals surface area contributed by atoms with Crippen LogP contribution in [0.1, 0.15) is 15.9 Å². The molecule has 0 aliphatic heterocycles. The van der Waals surface area contributed by atoms with Crippen molar-refractivity contribution in [3.8, 4) is 5.69 Å². The smallest absolute Gasteiger partial charge is 0.340 e. The molecular formula is C21H16ClFN2O4. The van der Waals surface area contributed by atoms with Crippen LogP contribution in [0.4, 0.5) is 4.39 Å². The highest BCUT2D eigenvalue weighted by molar-refractivity contribution is 6.30. The number of benzene rings is 2. The van der Waals surface area contributed by atoms with Crippen LogP contribution in [0.15, 0.2) is 71.7 Å². The predicted molar refractivity (Wildman–Crippen MR) is 106 cm³/mol. The normalized spacial score (nSPS) is 11.7.